The van der Waals surface area contributed by atoms with E-state index in [-0.39, 0.29) is 11.7 Å². The average molecular weight is 343 g/mol. The maximum absolute atomic E-state index is 12.0. The van der Waals surface area contributed by atoms with Gasteiger partial charge < -0.3 is 4.90 Å². The van der Waals surface area contributed by atoms with Gasteiger partial charge in [0.1, 0.15) is 0 Å². The number of aromatic nitrogens is 1. The normalized spacial score (nSPS) is 11.2. The van der Waals surface area contributed by atoms with Gasteiger partial charge in [-0.15, -0.1) is 11.3 Å². The fourth-order valence-corrected chi connectivity index (χ4v) is 3.06. The third-order valence-electron chi connectivity index (χ3n) is 3.33. The molecule has 0 N–H and O–H groups in total. The number of Topliss-reactive ketones (excluding diaryl/α,β-unsaturated/α-hetero) is 1. The molecule has 0 bridgehead atoms. The van der Waals surface area contributed by atoms with Crippen molar-refractivity contribution in [3.8, 4) is 0 Å². The van der Waals surface area contributed by atoms with E-state index in [9.17, 15) is 9.59 Å². The van der Waals surface area contributed by atoms with E-state index in [1.807, 2.05) is 54.7 Å². The second kappa shape index (κ2) is 7.88. The molecule has 0 fully saturated rings. The minimum atomic E-state index is -0.0827. The van der Waals surface area contributed by atoms with Crippen LogP contribution >= 0.6 is 11.3 Å². The number of carbonyl (C=O) groups is 2. The predicted molar refractivity (Wildman–Crippen MR) is 97.8 cm³/mol. The fourth-order valence-electron chi connectivity index (χ4n) is 2.19. The number of nitrogens with zero attached hydrogens (tertiary/aromatic N) is 3. The lowest BCUT2D eigenvalue weighted by atomic mass is 10.1. The van der Waals surface area contributed by atoms with Gasteiger partial charge in [-0.1, -0.05) is 30.3 Å². The summed E-state index contributed by atoms with van der Waals surface area (Å²) < 4.78 is 0. The Bertz CT molecular complexity index is 751. The summed E-state index contributed by atoms with van der Waals surface area (Å²) in [7, 11) is 3.71. The minimum absolute atomic E-state index is 0.0574. The van der Waals surface area contributed by atoms with Crippen molar-refractivity contribution in [3.05, 3.63) is 53.2 Å². The molecule has 2 aromatic rings. The van der Waals surface area contributed by atoms with E-state index in [2.05, 4.69) is 4.98 Å². The molecular weight excluding hydrogens is 322 g/mol. The number of hydrogen-bond acceptors (Lipinski definition) is 5. The first-order valence-corrected chi connectivity index (χ1v) is 8.43. The van der Waals surface area contributed by atoms with Crippen LogP contribution in [0, 0.1) is 0 Å². The number of carbonyl (C=O) groups excluding carboxylic acids is 2. The summed E-state index contributed by atoms with van der Waals surface area (Å²) >= 11 is 1.36. The highest BCUT2D eigenvalue weighted by Crippen LogP contribution is 2.27. The molecule has 5 nitrogen and oxygen atoms in total. The largest absolute Gasteiger partial charge is 0.383 e. The van der Waals surface area contributed by atoms with Crippen LogP contribution in [0.2, 0.25) is 0 Å². The highest BCUT2D eigenvalue weighted by atomic mass is 32.1. The van der Waals surface area contributed by atoms with Gasteiger partial charge in [-0.05, 0) is 12.5 Å². The highest BCUT2D eigenvalue weighted by Gasteiger charge is 2.19. The van der Waals surface area contributed by atoms with E-state index in [0.717, 1.165) is 5.56 Å². The number of amides is 1. The molecule has 1 aromatic heterocycles. The van der Waals surface area contributed by atoms with Gasteiger partial charge >= 0.3 is 0 Å². The topological polar surface area (TPSA) is 53.5 Å². The van der Waals surface area contributed by atoms with Crippen LogP contribution in [0.4, 0.5) is 5.13 Å². The van der Waals surface area contributed by atoms with E-state index in [1.165, 1.54) is 25.2 Å². The highest BCUT2D eigenvalue weighted by molar-refractivity contribution is 7.14. The molecule has 6 heteroatoms. The van der Waals surface area contributed by atoms with Crippen molar-refractivity contribution in [2.45, 2.75) is 20.4 Å². The minimum Gasteiger partial charge on any atom is -0.383 e. The number of ketones is 1. The van der Waals surface area contributed by atoms with Crippen LogP contribution in [0.15, 0.2) is 41.9 Å². The van der Waals surface area contributed by atoms with Gasteiger partial charge in [-0.3, -0.25) is 14.5 Å². The van der Waals surface area contributed by atoms with Crippen molar-refractivity contribution in [2.75, 3.05) is 19.0 Å². The van der Waals surface area contributed by atoms with Crippen molar-refractivity contribution in [1.82, 2.24) is 9.88 Å². The van der Waals surface area contributed by atoms with E-state index < -0.39 is 0 Å². The van der Waals surface area contributed by atoms with Crippen molar-refractivity contribution >= 4 is 33.7 Å². The fraction of sp³-hybridized carbons (Fsp3) is 0.278. The molecular formula is C18H21N3O2S. The molecule has 0 atom stereocenters. The van der Waals surface area contributed by atoms with Crippen LogP contribution in [-0.2, 0) is 16.1 Å². The van der Waals surface area contributed by atoms with E-state index >= 15 is 0 Å². The van der Waals surface area contributed by atoms with Crippen LogP contribution < -0.4 is 4.90 Å². The third kappa shape index (κ3) is 4.52. The summed E-state index contributed by atoms with van der Waals surface area (Å²) in [4.78, 5) is 31.9. The smallest absolute Gasteiger partial charge is 0.225 e. The van der Waals surface area contributed by atoms with Crippen molar-refractivity contribution in [3.63, 3.8) is 0 Å². The number of rotatable bonds is 6. The van der Waals surface area contributed by atoms with Crippen molar-refractivity contribution in [1.29, 1.82) is 0 Å². The summed E-state index contributed by atoms with van der Waals surface area (Å²) in [6.07, 6.45) is 1.75. The Morgan fingerprint density at radius 2 is 1.83 bits per heavy atom. The van der Waals surface area contributed by atoms with Gasteiger partial charge in [0.2, 0.25) is 5.91 Å². The van der Waals surface area contributed by atoms with Crippen LogP contribution in [0.1, 0.15) is 25.1 Å². The first-order chi connectivity index (χ1) is 11.4. The van der Waals surface area contributed by atoms with E-state index in [0.29, 0.717) is 22.9 Å². The second-order valence-electron chi connectivity index (χ2n) is 5.67. The number of allylic oxidation sites excluding steroid dienone is 1. The number of hydrogen-bond donors (Lipinski definition) is 0. The lowest BCUT2D eigenvalue weighted by Crippen LogP contribution is -2.27. The van der Waals surface area contributed by atoms with Crippen LogP contribution in [0.3, 0.4) is 0 Å². The van der Waals surface area contributed by atoms with Gasteiger partial charge in [0.05, 0.1) is 17.8 Å². The quantitative estimate of drug-likeness (QED) is 0.756. The standard InChI is InChI=1S/C18H21N3O2S/c1-13(22)16(11-20(3)4)17-12-24-18(19-17)21(14(2)23)10-15-8-6-5-7-9-15/h5-9,11-12H,10H2,1-4H3. The Morgan fingerprint density at radius 3 is 2.38 bits per heavy atom. The summed E-state index contributed by atoms with van der Waals surface area (Å²) in [6, 6.07) is 9.76. The third-order valence-corrected chi connectivity index (χ3v) is 4.19. The lowest BCUT2D eigenvalue weighted by Gasteiger charge is -2.18. The Hall–Kier alpha value is -2.47. The maximum Gasteiger partial charge on any atom is 0.225 e. The number of benzene rings is 1. The van der Waals surface area contributed by atoms with Crippen LogP contribution in [0.5, 0.6) is 0 Å². The summed E-state index contributed by atoms with van der Waals surface area (Å²) in [5, 5.41) is 2.40. The number of anilines is 1. The first-order valence-electron chi connectivity index (χ1n) is 7.55. The monoisotopic (exact) mass is 343 g/mol. The van der Waals surface area contributed by atoms with Gasteiger partial charge in [0.25, 0.3) is 0 Å². The van der Waals surface area contributed by atoms with E-state index in [4.69, 9.17) is 0 Å². The summed E-state index contributed by atoms with van der Waals surface area (Å²) in [6.45, 7) is 3.49. The zero-order chi connectivity index (χ0) is 17.7. The second-order valence-corrected chi connectivity index (χ2v) is 6.51. The van der Waals surface area contributed by atoms with Crippen LogP contribution in [0.25, 0.3) is 5.57 Å². The molecule has 0 saturated carbocycles. The molecule has 0 unspecified atom stereocenters. The predicted octanol–water partition coefficient (Wildman–Crippen LogP) is 3.19. The van der Waals surface area contributed by atoms with Crippen molar-refractivity contribution < 1.29 is 9.59 Å². The molecule has 0 aliphatic heterocycles. The molecule has 2 rings (SSSR count). The van der Waals surface area contributed by atoms with E-state index in [1.54, 1.807) is 11.1 Å². The molecule has 24 heavy (non-hydrogen) atoms. The molecule has 0 aliphatic carbocycles. The summed E-state index contributed by atoms with van der Waals surface area (Å²) in [5.41, 5.74) is 2.15. The average Bonchev–Trinajstić information content (AvgIpc) is 2.99. The Kier molecular flexibility index (Phi) is 5.87. The molecule has 1 amide bonds. The SMILES string of the molecule is CC(=O)C(=CN(C)C)c1csc(N(Cc2ccccc2)C(C)=O)n1. The summed E-state index contributed by atoms with van der Waals surface area (Å²) in [5.74, 6) is -0.140. The Labute approximate surface area is 146 Å². The van der Waals surface area contributed by atoms with Gasteiger partial charge in [0, 0.05) is 32.6 Å². The molecule has 126 valence electrons. The molecule has 0 saturated heterocycles. The maximum atomic E-state index is 12.0. The molecule has 0 spiro atoms. The van der Waals surface area contributed by atoms with Gasteiger partial charge in [0.15, 0.2) is 10.9 Å². The molecule has 0 aliphatic rings. The van der Waals surface area contributed by atoms with Gasteiger partial charge in [-0.2, -0.15) is 0 Å². The van der Waals surface area contributed by atoms with Gasteiger partial charge in [-0.25, -0.2) is 4.98 Å². The zero-order valence-electron chi connectivity index (χ0n) is 14.3. The van der Waals surface area contributed by atoms with Crippen LogP contribution in [-0.4, -0.2) is 35.7 Å². The lowest BCUT2D eigenvalue weighted by molar-refractivity contribution is -0.116. The Morgan fingerprint density at radius 1 is 1.17 bits per heavy atom. The van der Waals surface area contributed by atoms with Crippen molar-refractivity contribution in [2.24, 2.45) is 0 Å². The molecule has 1 aromatic carbocycles. The zero-order valence-corrected chi connectivity index (χ0v) is 15.1. The Balaban J connectivity index is 2.32. The number of thiazole rings is 1. The molecule has 0 radical (unpaired) electrons. The first kappa shape index (κ1) is 17.9. The molecule has 1 heterocycles.